The number of benzene rings is 2. The number of ether oxygens (including phenoxy) is 1. The van der Waals surface area contributed by atoms with Crippen molar-refractivity contribution >= 4 is 35.2 Å². The fourth-order valence-electron chi connectivity index (χ4n) is 4.44. The number of nitrogen functional groups attached to an aromatic ring is 1. The number of aromatic amines is 1. The van der Waals surface area contributed by atoms with Gasteiger partial charge in [-0.2, -0.15) is 0 Å². The second kappa shape index (κ2) is 11.4. The van der Waals surface area contributed by atoms with Gasteiger partial charge in [0.25, 0.3) is 23.3 Å². The highest BCUT2D eigenvalue weighted by molar-refractivity contribution is 6.22. The van der Waals surface area contributed by atoms with E-state index < -0.39 is 47.6 Å². The number of anilines is 2. The first kappa shape index (κ1) is 28.0. The molecule has 12 nitrogen and oxygen atoms in total. The van der Waals surface area contributed by atoms with Gasteiger partial charge in [0.2, 0.25) is 0 Å². The number of hydrogen-bond donors (Lipinski definition) is 2. The molecule has 1 aliphatic rings. The molecular weight excluding hydrogens is 518 g/mol. The summed E-state index contributed by atoms with van der Waals surface area (Å²) < 4.78 is 6.33. The standard InChI is InChI=1S/C28H29N5O7/c1-16(2)13-31(22-23(29)32(28(39)30-24(22)35)14-18-9-5-4-6-10-18)21(34)15-40-27(38)17(3)33-25(36)19-11-7-8-12-20(19)26(33)37/h4-12,16-17H,13-15,29H2,1-3H3,(H,30,35,39)/t17-/m1/s1. The van der Waals surface area contributed by atoms with Crippen LogP contribution in [0.3, 0.4) is 0 Å². The lowest BCUT2D eigenvalue weighted by atomic mass is 10.1. The molecule has 0 unspecified atom stereocenters. The van der Waals surface area contributed by atoms with E-state index >= 15 is 0 Å². The largest absolute Gasteiger partial charge is 0.454 e. The number of nitrogens with zero attached hydrogens (tertiary/aromatic N) is 3. The van der Waals surface area contributed by atoms with Crippen LogP contribution < -0.4 is 21.9 Å². The molecule has 2 aromatic carbocycles. The number of imide groups is 1. The quantitative estimate of drug-likeness (QED) is 0.300. The van der Waals surface area contributed by atoms with Gasteiger partial charge in [-0.15, -0.1) is 0 Å². The molecule has 3 N–H and O–H groups in total. The fraction of sp³-hybridized carbons (Fsp3) is 0.286. The van der Waals surface area contributed by atoms with E-state index in [0.717, 1.165) is 19.9 Å². The van der Waals surface area contributed by atoms with E-state index in [2.05, 4.69) is 4.98 Å². The van der Waals surface area contributed by atoms with Crippen LogP contribution in [0.1, 0.15) is 47.1 Å². The number of H-pyrrole nitrogens is 1. The summed E-state index contributed by atoms with van der Waals surface area (Å²) >= 11 is 0. The minimum atomic E-state index is -1.31. The smallest absolute Gasteiger partial charge is 0.330 e. The van der Waals surface area contributed by atoms with Crippen LogP contribution in [0.2, 0.25) is 0 Å². The Labute approximate surface area is 229 Å². The molecule has 1 aromatic heterocycles. The van der Waals surface area contributed by atoms with Gasteiger partial charge in [-0.1, -0.05) is 56.3 Å². The Morgan fingerprint density at radius 3 is 2.08 bits per heavy atom. The number of carbonyl (C=O) groups excluding carboxylic acids is 4. The summed E-state index contributed by atoms with van der Waals surface area (Å²) in [7, 11) is 0. The van der Waals surface area contributed by atoms with Crippen molar-refractivity contribution < 1.29 is 23.9 Å². The summed E-state index contributed by atoms with van der Waals surface area (Å²) in [5.41, 5.74) is 5.49. The van der Waals surface area contributed by atoms with Crippen molar-refractivity contribution in [1.29, 1.82) is 0 Å². The van der Waals surface area contributed by atoms with E-state index in [-0.39, 0.29) is 41.6 Å². The average molecular weight is 548 g/mol. The van der Waals surface area contributed by atoms with Crippen molar-refractivity contribution in [2.45, 2.75) is 33.4 Å². The molecule has 0 saturated heterocycles. The summed E-state index contributed by atoms with van der Waals surface area (Å²) in [5, 5.41) is 0. The Morgan fingerprint density at radius 2 is 1.50 bits per heavy atom. The van der Waals surface area contributed by atoms with Crippen LogP contribution in [0.15, 0.2) is 64.2 Å². The Bertz CT molecular complexity index is 1560. The number of amides is 3. The first-order valence-electron chi connectivity index (χ1n) is 12.6. The molecule has 40 heavy (non-hydrogen) atoms. The maximum absolute atomic E-state index is 13.3. The highest BCUT2D eigenvalue weighted by Gasteiger charge is 2.41. The van der Waals surface area contributed by atoms with Crippen molar-refractivity contribution in [2.24, 2.45) is 5.92 Å². The van der Waals surface area contributed by atoms with Crippen LogP contribution >= 0.6 is 0 Å². The topological polar surface area (TPSA) is 165 Å². The Balaban J connectivity index is 1.55. The molecule has 4 rings (SSSR count). The van der Waals surface area contributed by atoms with E-state index in [1.165, 1.54) is 19.1 Å². The highest BCUT2D eigenvalue weighted by Crippen LogP contribution is 2.25. The normalized spacial score (nSPS) is 13.3. The summed E-state index contributed by atoms with van der Waals surface area (Å²) in [6.07, 6.45) is 0. The zero-order chi connectivity index (χ0) is 29.1. The first-order valence-corrected chi connectivity index (χ1v) is 12.6. The number of esters is 1. The monoisotopic (exact) mass is 547 g/mol. The van der Waals surface area contributed by atoms with Gasteiger partial charge < -0.3 is 15.4 Å². The molecular formula is C28H29N5O7. The SMILES string of the molecule is CC(C)CN(C(=O)COC(=O)[C@@H](C)N1C(=O)c2ccccc2C1=O)c1c(N)n(Cc2ccccc2)c(=O)[nH]c1=O. The summed E-state index contributed by atoms with van der Waals surface area (Å²) in [4.78, 5) is 81.0. The minimum Gasteiger partial charge on any atom is -0.454 e. The number of nitrogens with two attached hydrogens (primary N) is 1. The van der Waals surface area contributed by atoms with E-state index in [9.17, 15) is 28.8 Å². The number of rotatable bonds is 9. The number of nitrogens with one attached hydrogen (secondary N) is 1. The van der Waals surface area contributed by atoms with Gasteiger partial charge >= 0.3 is 11.7 Å². The van der Waals surface area contributed by atoms with Gasteiger partial charge in [-0.25, -0.2) is 9.59 Å². The second-order valence-corrected chi connectivity index (χ2v) is 9.77. The number of hydrogen-bond acceptors (Lipinski definition) is 8. The van der Waals surface area contributed by atoms with Crippen molar-refractivity contribution in [2.75, 3.05) is 23.8 Å². The third-order valence-electron chi connectivity index (χ3n) is 6.41. The molecule has 1 atom stereocenters. The zero-order valence-electron chi connectivity index (χ0n) is 22.2. The zero-order valence-corrected chi connectivity index (χ0v) is 22.2. The van der Waals surface area contributed by atoms with E-state index in [1.807, 2.05) is 6.07 Å². The van der Waals surface area contributed by atoms with Crippen LogP contribution in [0, 0.1) is 5.92 Å². The lowest BCUT2D eigenvalue weighted by molar-refractivity contribution is -0.151. The number of fused-ring (bicyclic) bond motifs is 1. The minimum absolute atomic E-state index is 0.0289. The third-order valence-corrected chi connectivity index (χ3v) is 6.41. The van der Waals surface area contributed by atoms with E-state index in [0.29, 0.717) is 0 Å². The highest BCUT2D eigenvalue weighted by atomic mass is 16.5. The number of aromatic nitrogens is 2. The molecule has 0 aliphatic carbocycles. The van der Waals surface area contributed by atoms with Crippen molar-refractivity contribution in [3.05, 3.63) is 92.1 Å². The summed E-state index contributed by atoms with van der Waals surface area (Å²) in [5.74, 6) is -3.40. The lowest BCUT2D eigenvalue weighted by Gasteiger charge is -2.26. The van der Waals surface area contributed by atoms with Gasteiger partial charge in [0.15, 0.2) is 12.3 Å². The molecule has 2 heterocycles. The van der Waals surface area contributed by atoms with Crippen molar-refractivity contribution in [3.8, 4) is 0 Å². The molecule has 12 heteroatoms. The van der Waals surface area contributed by atoms with Gasteiger partial charge in [0.1, 0.15) is 11.9 Å². The van der Waals surface area contributed by atoms with Gasteiger partial charge in [0.05, 0.1) is 17.7 Å². The first-order chi connectivity index (χ1) is 19.0. The molecule has 1 aliphatic heterocycles. The Hall–Kier alpha value is -5.00. The van der Waals surface area contributed by atoms with Crippen LogP contribution in [0.25, 0.3) is 0 Å². The third kappa shape index (κ3) is 5.41. The van der Waals surface area contributed by atoms with E-state index in [1.54, 1.807) is 50.2 Å². The second-order valence-electron chi connectivity index (χ2n) is 9.77. The summed E-state index contributed by atoms with van der Waals surface area (Å²) in [6, 6.07) is 13.8. The molecule has 3 amide bonds. The van der Waals surface area contributed by atoms with Gasteiger partial charge in [0, 0.05) is 6.54 Å². The molecule has 3 aromatic rings. The lowest BCUT2D eigenvalue weighted by Crippen LogP contribution is -2.46. The fourth-order valence-corrected chi connectivity index (χ4v) is 4.44. The van der Waals surface area contributed by atoms with Gasteiger partial charge in [-0.3, -0.25) is 33.6 Å². The van der Waals surface area contributed by atoms with Crippen LogP contribution in [-0.2, 0) is 20.9 Å². The van der Waals surface area contributed by atoms with Crippen LogP contribution in [0.4, 0.5) is 11.5 Å². The van der Waals surface area contributed by atoms with Crippen LogP contribution in [0.5, 0.6) is 0 Å². The van der Waals surface area contributed by atoms with Crippen molar-refractivity contribution in [3.63, 3.8) is 0 Å². The molecule has 208 valence electrons. The van der Waals surface area contributed by atoms with E-state index in [4.69, 9.17) is 10.5 Å². The molecule has 0 radical (unpaired) electrons. The van der Waals surface area contributed by atoms with Gasteiger partial charge in [-0.05, 0) is 30.5 Å². The predicted molar refractivity (Wildman–Crippen MR) is 146 cm³/mol. The molecule has 0 spiro atoms. The van der Waals surface area contributed by atoms with Crippen LogP contribution in [-0.4, -0.2) is 57.3 Å². The number of carbonyl (C=O) groups is 4. The summed E-state index contributed by atoms with van der Waals surface area (Å²) in [6.45, 7) is 4.22. The molecule has 0 saturated carbocycles. The maximum atomic E-state index is 13.3. The Morgan fingerprint density at radius 1 is 0.925 bits per heavy atom. The molecule has 0 bridgehead atoms. The predicted octanol–water partition coefficient (Wildman–Crippen LogP) is 1.38. The van der Waals surface area contributed by atoms with Crippen molar-refractivity contribution in [1.82, 2.24) is 14.5 Å². The Kier molecular flexibility index (Phi) is 7.98. The maximum Gasteiger partial charge on any atom is 0.330 e. The molecule has 0 fully saturated rings. The average Bonchev–Trinajstić information content (AvgIpc) is 3.18.